The number of allylic oxidation sites excluding steroid dienone is 2. The van der Waals surface area contributed by atoms with Gasteiger partial charge in [0.1, 0.15) is 0 Å². The van der Waals surface area contributed by atoms with Crippen molar-refractivity contribution in [3.8, 4) is 0 Å². The highest BCUT2D eigenvalue weighted by molar-refractivity contribution is 5.69. The number of unbranched alkanes of at least 4 members (excludes halogenated alkanes) is 11. The second-order valence-corrected chi connectivity index (χ2v) is 10.7. The van der Waals surface area contributed by atoms with Crippen LogP contribution in [0.15, 0.2) is 12.2 Å². The number of nitrogens with zero attached hydrogens (tertiary/aromatic N) is 1. The molecule has 2 aliphatic carbocycles. The molecule has 2 rings (SSSR count). The third-order valence-corrected chi connectivity index (χ3v) is 7.72. The molecule has 0 N–H and O–H groups in total. The van der Waals surface area contributed by atoms with Crippen LogP contribution in [0.3, 0.4) is 0 Å². The molecule has 2 aliphatic rings. The molecule has 0 spiro atoms. The van der Waals surface area contributed by atoms with Crippen molar-refractivity contribution in [2.45, 2.75) is 173 Å². The summed E-state index contributed by atoms with van der Waals surface area (Å²) in [4.78, 5) is 18.6. The van der Waals surface area contributed by atoms with Crippen molar-refractivity contribution in [2.75, 3.05) is 0 Å². The zero-order valence-corrected chi connectivity index (χ0v) is 22.0. The molecular weight excluding hydrogens is 406 g/mol. The average Bonchev–Trinajstić information content (AvgIpc) is 2.86. The van der Waals surface area contributed by atoms with E-state index in [0.717, 1.165) is 12.8 Å². The van der Waals surface area contributed by atoms with Gasteiger partial charge in [0.25, 0.3) is 0 Å². The first kappa shape index (κ1) is 28.4. The molecule has 0 heterocycles. The second-order valence-electron chi connectivity index (χ2n) is 10.7. The number of carbonyl (C=O) groups excluding carboxylic acids is 1. The quantitative estimate of drug-likeness (QED) is 0.116. The predicted molar refractivity (Wildman–Crippen MR) is 141 cm³/mol. The SMILES string of the molecule is CCCCCCCC/C=C\CCCCCCCC(=O)ON(C1CCCCC1)C1CCCCC1. The molecule has 33 heavy (non-hydrogen) atoms. The van der Waals surface area contributed by atoms with Crippen LogP contribution < -0.4 is 0 Å². The lowest BCUT2D eigenvalue weighted by Crippen LogP contribution is -2.46. The van der Waals surface area contributed by atoms with E-state index in [-0.39, 0.29) is 5.97 Å². The van der Waals surface area contributed by atoms with Gasteiger partial charge >= 0.3 is 5.97 Å². The lowest BCUT2D eigenvalue weighted by atomic mass is 9.90. The summed E-state index contributed by atoms with van der Waals surface area (Å²) in [6.07, 6.45) is 34.8. The molecule has 3 nitrogen and oxygen atoms in total. The van der Waals surface area contributed by atoms with Gasteiger partial charge < -0.3 is 4.84 Å². The third-order valence-electron chi connectivity index (χ3n) is 7.72. The maximum Gasteiger partial charge on any atom is 0.325 e. The minimum absolute atomic E-state index is 0.0174. The molecule has 0 unspecified atom stereocenters. The first-order valence-corrected chi connectivity index (χ1v) is 15.0. The average molecular weight is 462 g/mol. The predicted octanol–water partition coefficient (Wildman–Crippen LogP) is 9.45. The number of hydrogen-bond acceptors (Lipinski definition) is 3. The smallest absolute Gasteiger partial charge is 0.325 e. The van der Waals surface area contributed by atoms with Crippen LogP contribution in [-0.2, 0) is 9.63 Å². The highest BCUT2D eigenvalue weighted by Crippen LogP contribution is 2.30. The number of carbonyl (C=O) groups is 1. The van der Waals surface area contributed by atoms with Crippen LogP contribution >= 0.6 is 0 Å². The van der Waals surface area contributed by atoms with E-state index in [1.54, 1.807) is 0 Å². The Balaban J connectivity index is 1.48. The van der Waals surface area contributed by atoms with Crippen molar-refractivity contribution in [3.05, 3.63) is 12.2 Å². The fourth-order valence-corrected chi connectivity index (χ4v) is 5.62. The van der Waals surface area contributed by atoms with Gasteiger partial charge in [-0.1, -0.05) is 109 Å². The molecule has 192 valence electrons. The molecule has 0 saturated heterocycles. The first-order chi connectivity index (χ1) is 16.3. The lowest BCUT2D eigenvalue weighted by Gasteiger charge is -2.39. The van der Waals surface area contributed by atoms with E-state index in [1.807, 2.05) is 0 Å². The van der Waals surface area contributed by atoms with Crippen molar-refractivity contribution in [1.29, 1.82) is 0 Å². The van der Waals surface area contributed by atoms with Gasteiger partial charge in [0.2, 0.25) is 0 Å². The van der Waals surface area contributed by atoms with E-state index >= 15 is 0 Å². The van der Waals surface area contributed by atoms with Crippen molar-refractivity contribution in [1.82, 2.24) is 5.06 Å². The van der Waals surface area contributed by atoms with Gasteiger partial charge in [-0.25, -0.2) is 0 Å². The highest BCUT2D eigenvalue weighted by atomic mass is 16.7. The first-order valence-electron chi connectivity index (χ1n) is 15.0. The van der Waals surface area contributed by atoms with Crippen LogP contribution in [0.5, 0.6) is 0 Å². The highest BCUT2D eigenvalue weighted by Gasteiger charge is 2.31. The van der Waals surface area contributed by atoms with E-state index in [0.29, 0.717) is 18.5 Å². The van der Waals surface area contributed by atoms with Crippen molar-refractivity contribution in [2.24, 2.45) is 0 Å². The summed E-state index contributed by atoms with van der Waals surface area (Å²) in [5.41, 5.74) is 0. The summed E-state index contributed by atoms with van der Waals surface area (Å²) in [7, 11) is 0. The fraction of sp³-hybridized carbons (Fsp3) is 0.900. The molecule has 0 atom stereocenters. The molecule has 0 aliphatic heterocycles. The zero-order chi connectivity index (χ0) is 23.4. The summed E-state index contributed by atoms with van der Waals surface area (Å²) in [6, 6.07) is 0.944. The maximum atomic E-state index is 12.6. The standard InChI is InChI=1S/C30H55NO2/c1-2-3-4-5-6-7-8-9-10-11-12-13-14-15-22-27-30(32)33-31(28-23-18-16-19-24-28)29-25-20-17-21-26-29/h9-10,28-29H,2-8,11-27H2,1H3/b10-9-. The molecular formula is C30H55NO2. The summed E-state index contributed by atoms with van der Waals surface area (Å²) < 4.78 is 0. The summed E-state index contributed by atoms with van der Waals surface area (Å²) in [5.74, 6) is 0.0174. The molecule has 0 amide bonds. The molecule has 0 radical (unpaired) electrons. The Hall–Kier alpha value is -0.830. The van der Waals surface area contributed by atoms with Gasteiger partial charge in [-0.3, -0.25) is 4.79 Å². The minimum atomic E-state index is 0.0174. The number of hydrogen-bond donors (Lipinski definition) is 0. The summed E-state index contributed by atoms with van der Waals surface area (Å²) >= 11 is 0. The molecule has 0 aromatic carbocycles. The van der Waals surface area contributed by atoms with Gasteiger partial charge in [0.15, 0.2) is 0 Å². The van der Waals surface area contributed by atoms with Crippen LogP contribution in [0.1, 0.15) is 161 Å². The molecule has 2 fully saturated rings. The van der Waals surface area contributed by atoms with Crippen LogP contribution in [-0.4, -0.2) is 23.1 Å². The van der Waals surface area contributed by atoms with Crippen molar-refractivity contribution >= 4 is 5.97 Å². The van der Waals surface area contributed by atoms with E-state index in [4.69, 9.17) is 4.84 Å². The topological polar surface area (TPSA) is 29.5 Å². The van der Waals surface area contributed by atoms with Gasteiger partial charge in [0, 0.05) is 18.5 Å². The van der Waals surface area contributed by atoms with E-state index in [1.165, 1.54) is 135 Å². The number of hydroxylamine groups is 2. The molecule has 0 aromatic rings. The Morgan fingerprint density at radius 1 is 0.667 bits per heavy atom. The zero-order valence-electron chi connectivity index (χ0n) is 22.0. The Labute approximate surface area is 206 Å². The van der Waals surface area contributed by atoms with E-state index in [9.17, 15) is 4.79 Å². The lowest BCUT2D eigenvalue weighted by molar-refractivity contribution is -0.223. The molecule has 3 heteroatoms. The normalized spacial score (nSPS) is 18.4. The van der Waals surface area contributed by atoms with Crippen LogP contribution in [0.25, 0.3) is 0 Å². The monoisotopic (exact) mass is 461 g/mol. The Morgan fingerprint density at radius 2 is 1.12 bits per heavy atom. The Bertz CT molecular complexity index is 474. The Kier molecular flexibility index (Phi) is 16.8. The second kappa shape index (κ2) is 19.5. The fourth-order valence-electron chi connectivity index (χ4n) is 5.62. The van der Waals surface area contributed by atoms with Crippen LogP contribution in [0.2, 0.25) is 0 Å². The van der Waals surface area contributed by atoms with E-state index in [2.05, 4.69) is 24.1 Å². The van der Waals surface area contributed by atoms with Gasteiger partial charge in [-0.05, 0) is 57.8 Å². The minimum Gasteiger partial charge on any atom is -0.367 e. The van der Waals surface area contributed by atoms with Gasteiger partial charge in [-0.2, -0.15) is 0 Å². The van der Waals surface area contributed by atoms with Crippen LogP contribution in [0.4, 0.5) is 0 Å². The number of rotatable bonds is 18. The summed E-state index contributed by atoms with van der Waals surface area (Å²) in [6.45, 7) is 2.28. The molecule has 0 bridgehead atoms. The van der Waals surface area contributed by atoms with Crippen molar-refractivity contribution < 1.29 is 9.63 Å². The molecule has 2 saturated carbocycles. The maximum absolute atomic E-state index is 12.6. The van der Waals surface area contributed by atoms with Gasteiger partial charge in [0.05, 0.1) is 0 Å². The van der Waals surface area contributed by atoms with E-state index < -0.39 is 0 Å². The van der Waals surface area contributed by atoms with Gasteiger partial charge in [-0.15, -0.1) is 5.06 Å². The summed E-state index contributed by atoms with van der Waals surface area (Å²) in [5, 5.41) is 2.18. The van der Waals surface area contributed by atoms with Crippen molar-refractivity contribution in [3.63, 3.8) is 0 Å². The Morgan fingerprint density at radius 3 is 1.64 bits per heavy atom. The third kappa shape index (κ3) is 13.6. The van der Waals surface area contributed by atoms with Crippen LogP contribution in [0, 0.1) is 0 Å². The largest absolute Gasteiger partial charge is 0.367 e. The molecule has 0 aromatic heterocycles.